The predicted octanol–water partition coefficient (Wildman–Crippen LogP) is 1.50. The first-order chi connectivity index (χ1) is 8.20. The Morgan fingerprint density at radius 3 is 2.94 bits per heavy atom. The summed E-state index contributed by atoms with van der Waals surface area (Å²) < 4.78 is 4.59. The van der Waals surface area contributed by atoms with Gasteiger partial charge in [-0.2, -0.15) is 0 Å². The zero-order chi connectivity index (χ0) is 12.3. The number of hydrogen-bond acceptors (Lipinski definition) is 4. The molecule has 0 aliphatic rings. The van der Waals surface area contributed by atoms with Crippen molar-refractivity contribution in [2.75, 3.05) is 7.11 Å². The van der Waals surface area contributed by atoms with Crippen LogP contribution in [0.1, 0.15) is 11.5 Å². The highest BCUT2D eigenvalue weighted by Crippen LogP contribution is 2.18. The summed E-state index contributed by atoms with van der Waals surface area (Å²) in [5, 5.41) is 0. The molecule has 0 aliphatic heterocycles. The van der Waals surface area contributed by atoms with Crippen LogP contribution in [-0.4, -0.2) is 28.0 Å². The van der Waals surface area contributed by atoms with Gasteiger partial charge in [0.25, 0.3) is 0 Å². The van der Waals surface area contributed by atoms with E-state index in [2.05, 4.69) is 19.7 Å². The lowest BCUT2D eigenvalue weighted by atomic mass is 10.2. The molecule has 0 fully saturated rings. The second-order valence-electron chi connectivity index (χ2n) is 3.62. The maximum atomic E-state index is 11.1. The molecule has 0 saturated heterocycles. The number of hydrogen-bond donors (Lipinski definition) is 1. The normalized spacial score (nSPS) is 10.2. The Bertz CT molecular complexity index is 520. The summed E-state index contributed by atoms with van der Waals surface area (Å²) in [6.45, 7) is 1.90. The van der Waals surface area contributed by atoms with E-state index in [0.717, 1.165) is 17.1 Å². The third-order valence-electron chi connectivity index (χ3n) is 2.38. The number of rotatable bonds is 3. The molecule has 0 atom stereocenters. The van der Waals surface area contributed by atoms with Gasteiger partial charge in [-0.25, -0.2) is 4.98 Å². The van der Waals surface area contributed by atoms with E-state index in [0.29, 0.717) is 5.82 Å². The molecule has 0 radical (unpaired) electrons. The molecule has 2 aromatic rings. The number of esters is 1. The zero-order valence-corrected chi connectivity index (χ0v) is 9.73. The molecular weight excluding hydrogens is 218 g/mol. The first kappa shape index (κ1) is 11.3. The molecule has 0 aromatic carbocycles. The van der Waals surface area contributed by atoms with Crippen LogP contribution in [0.15, 0.2) is 24.4 Å². The number of nitrogens with one attached hydrogen (secondary N) is 1. The number of aryl methyl sites for hydroxylation is 1. The maximum absolute atomic E-state index is 11.1. The van der Waals surface area contributed by atoms with Gasteiger partial charge in [-0.1, -0.05) is 6.07 Å². The number of methoxy groups -OCH3 is 1. The van der Waals surface area contributed by atoms with Gasteiger partial charge in [0.15, 0.2) is 0 Å². The lowest BCUT2D eigenvalue weighted by Crippen LogP contribution is -2.05. The quantitative estimate of drug-likeness (QED) is 0.813. The molecule has 0 aliphatic carbocycles. The summed E-state index contributed by atoms with van der Waals surface area (Å²) in [5.74, 6) is 0.279. The third-order valence-corrected chi connectivity index (χ3v) is 2.38. The van der Waals surface area contributed by atoms with Crippen LogP contribution in [0.2, 0.25) is 0 Å². The van der Waals surface area contributed by atoms with E-state index < -0.39 is 0 Å². The summed E-state index contributed by atoms with van der Waals surface area (Å²) >= 11 is 0. The van der Waals surface area contributed by atoms with Gasteiger partial charge < -0.3 is 9.72 Å². The van der Waals surface area contributed by atoms with E-state index in [1.807, 2.05) is 25.1 Å². The Morgan fingerprint density at radius 2 is 2.29 bits per heavy atom. The molecule has 1 N–H and O–H groups in total. The monoisotopic (exact) mass is 231 g/mol. The van der Waals surface area contributed by atoms with Crippen LogP contribution in [-0.2, 0) is 16.0 Å². The average Bonchev–Trinajstić information content (AvgIpc) is 2.71. The highest BCUT2D eigenvalue weighted by Gasteiger charge is 2.12. The first-order valence-electron chi connectivity index (χ1n) is 5.24. The molecule has 17 heavy (non-hydrogen) atoms. The van der Waals surface area contributed by atoms with Gasteiger partial charge in [-0.05, 0) is 19.1 Å². The first-order valence-corrected chi connectivity index (χ1v) is 5.24. The maximum Gasteiger partial charge on any atom is 0.313 e. The SMILES string of the molecule is COC(=O)Cc1nc(-c2ccccn2)c(C)[nH]1. The number of pyridine rings is 1. The van der Waals surface area contributed by atoms with Crippen LogP contribution in [0.4, 0.5) is 0 Å². The lowest BCUT2D eigenvalue weighted by Gasteiger charge is -1.95. The Morgan fingerprint density at radius 1 is 1.47 bits per heavy atom. The Labute approximate surface area is 98.9 Å². The summed E-state index contributed by atoms with van der Waals surface area (Å²) in [7, 11) is 1.36. The topological polar surface area (TPSA) is 67.9 Å². The molecule has 0 amide bonds. The minimum absolute atomic E-state index is 0.143. The number of imidazole rings is 1. The minimum atomic E-state index is -0.314. The van der Waals surface area contributed by atoms with E-state index in [1.165, 1.54) is 7.11 Å². The fourth-order valence-electron chi connectivity index (χ4n) is 1.57. The molecule has 2 aromatic heterocycles. The summed E-state index contributed by atoms with van der Waals surface area (Å²) in [6.07, 6.45) is 1.85. The fraction of sp³-hybridized carbons (Fsp3) is 0.250. The number of aromatic nitrogens is 3. The van der Waals surface area contributed by atoms with Crippen molar-refractivity contribution in [3.63, 3.8) is 0 Å². The number of carbonyl (C=O) groups is 1. The average molecular weight is 231 g/mol. The van der Waals surface area contributed by atoms with Gasteiger partial charge in [0.1, 0.15) is 17.9 Å². The van der Waals surface area contributed by atoms with Crippen LogP contribution in [0.5, 0.6) is 0 Å². The summed E-state index contributed by atoms with van der Waals surface area (Å²) in [6, 6.07) is 5.63. The van der Waals surface area contributed by atoms with Gasteiger partial charge in [0.2, 0.25) is 0 Å². The number of ether oxygens (including phenoxy) is 1. The van der Waals surface area contributed by atoms with Crippen LogP contribution < -0.4 is 0 Å². The molecule has 0 unspecified atom stereocenters. The van der Waals surface area contributed by atoms with Crippen LogP contribution in [0.25, 0.3) is 11.4 Å². The van der Waals surface area contributed by atoms with Crippen molar-refractivity contribution in [1.29, 1.82) is 0 Å². The smallest absolute Gasteiger partial charge is 0.313 e. The van der Waals surface area contributed by atoms with Crippen molar-refractivity contribution in [1.82, 2.24) is 15.0 Å². The van der Waals surface area contributed by atoms with Crippen molar-refractivity contribution in [2.45, 2.75) is 13.3 Å². The Kier molecular flexibility index (Phi) is 3.18. The Balaban J connectivity index is 2.28. The van der Waals surface area contributed by atoms with E-state index in [9.17, 15) is 4.79 Å². The van der Waals surface area contributed by atoms with Gasteiger partial charge in [-0.15, -0.1) is 0 Å². The second kappa shape index (κ2) is 4.78. The van der Waals surface area contributed by atoms with Crippen molar-refractivity contribution in [3.05, 3.63) is 35.9 Å². The Hall–Kier alpha value is -2.17. The molecule has 0 bridgehead atoms. The van der Waals surface area contributed by atoms with E-state index in [1.54, 1.807) is 6.20 Å². The molecule has 0 saturated carbocycles. The van der Waals surface area contributed by atoms with Crippen molar-refractivity contribution >= 4 is 5.97 Å². The van der Waals surface area contributed by atoms with Gasteiger partial charge in [0.05, 0.1) is 12.8 Å². The largest absolute Gasteiger partial charge is 0.469 e. The van der Waals surface area contributed by atoms with E-state index >= 15 is 0 Å². The number of carbonyl (C=O) groups excluding carboxylic acids is 1. The van der Waals surface area contributed by atoms with Gasteiger partial charge >= 0.3 is 5.97 Å². The molecule has 5 heteroatoms. The molecule has 2 rings (SSSR count). The van der Waals surface area contributed by atoms with Crippen LogP contribution in [0.3, 0.4) is 0 Å². The van der Waals surface area contributed by atoms with Crippen molar-refractivity contribution in [3.8, 4) is 11.4 Å². The number of nitrogens with zero attached hydrogens (tertiary/aromatic N) is 2. The molecule has 5 nitrogen and oxygen atoms in total. The summed E-state index contributed by atoms with van der Waals surface area (Å²) in [4.78, 5) is 22.8. The number of H-pyrrole nitrogens is 1. The minimum Gasteiger partial charge on any atom is -0.469 e. The van der Waals surface area contributed by atoms with Gasteiger partial charge in [0, 0.05) is 11.9 Å². The van der Waals surface area contributed by atoms with E-state index in [-0.39, 0.29) is 12.4 Å². The highest BCUT2D eigenvalue weighted by molar-refractivity contribution is 5.71. The molecule has 2 heterocycles. The zero-order valence-electron chi connectivity index (χ0n) is 9.73. The van der Waals surface area contributed by atoms with Crippen molar-refractivity contribution < 1.29 is 9.53 Å². The standard InChI is InChI=1S/C12H13N3O2/c1-8-12(9-5-3-4-6-13-9)15-10(14-8)7-11(16)17-2/h3-6H,7H2,1-2H3,(H,14,15). The predicted molar refractivity (Wildman–Crippen MR) is 62.3 cm³/mol. The third kappa shape index (κ3) is 2.50. The van der Waals surface area contributed by atoms with Crippen LogP contribution >= 0.6 is 0 Å². The molecule has 88 valence electrons. The second-order valence-corrected chi connectivity index (χ2v) is 3.62. The van der Waals surface area contributed by atoms with Gasteiger partial charge in [-0.3, -0.25) is 9.78 Å². The van der Waals surface area contributed by atoms with Crippen molar-refractivity contribution in [2.24, 2.45) is 0 Å². The fourth-order valence-corrected chi connectivity index (χ4v) is 1.57. The molecular formula is C12H13N3O2. The molecule has 0 spiro atoms. The highest BCUT2D eigenvalue weighted by atomic mass is 16.5. The lowest BCUT2D eigenvalue weighted by molar-refractivity contribution is -0.139. The van der Waals surface area contributed by atoms with Crippen LogP contribution in [0, 0.1) is 6.92 Å². The van der Waals surface area contributed by atoms with E-state index in [4.69, 9.17) is 0 Å². The summed E-state index contributed by atoms with van der Waals surface area (Å²) in [5.41, 5.74) is 2.45. The number of aromatic amines is 1.